The first-order chi connectivity index (χ1) is 10.5. The molecule has 0 saturated heterocycles. The van der Waals surface area contributed by atoms with E-state index in [9.17, 15) is 4.79 Å². The molecule has 2 aromatic heterocycles. The van der Waals surface area contributed by atoms with Crippen LogP contribution in [-0.4, -0.2) is 23.0 Å². The van der Waals surface area contributed by atoms with Crippen molar-refractivity contribution >= 4 is 42.1 Å². The van der Waals surface area contributed by atoms with Gasteiger partial charge in [-0.25, -0.2) is 4.98 Å². The van der Waals surface area contributed by atoms with E-state index in [1.807, 2.05) is 31.4 Å². The molecule has 0 radical (unpaired) electrons. The number of thiazole rings is 1. The fourth-order valence-electron chi connectivity index (χ4n) is 2.62. The first-order valence-electron chi connectivity index (χ1n) is 7.52. The smallest absolute Gasteiger partial charge is 0.226 e. The Balaban J connectivity index is 0.00000144. The third-order valence-corrected chi connectivity index (χ3v) is 5.08. The molecule has 24 heavy (non-hydrogen) atoms. The fourth-order valence-corrected chi connectivity index (χ4v) is 3.40. The number of nitrogens with one attached hydrogen (secondary N) is 1. The van der Waals surface area contributed by atoms with Gasteiger partial charge >= 0.3 is 0 Å². The maximum Gasteiger partial charge on any atom is 0.226 e. The predicted octanol–water partition coefficient (Wildman–Crippen LogP) is 3.34. The highest BCUT2D eigenvalue weighted by Gasteiger charge is 2.41. The summed E-state index contributed by atoms with van der Waals surface area (Å²) in [5.41, 5.74) is 6.31. The van der Waals surface area contributed by atoms with Crippen LogP contribution in [0.1, 0.15) is 31.2 Å². The van der Waals surface area contributed by atoms with Gasteiger partial charge in [-0.2, -0.15) is 0 Å². The minimum Gasteiger partial charge on any atom is -0.459 e. The zero-order chi connectivity index (χ0) is 15.7. The van der Waals surface area contributed by atoms with Crippen molar-refractivity contribution in [2.24, 2.45) is 11.7 Å². The number of halogens is 2. The molecule has 1 atom stereocenters. The molecule has 3 rings (SSSR count). The van der Waals surface area contributed by atoms with Gasteiger partial charge in [-0.1, -0.05) is 0 Å². The van der Waals surface area contributed by atoms with Crippen LogP contribution in [0.5, 0.6) is 0 Å². The van der Waals surface area contributed by atoms with Gasteiger partial charge in [0.15, 0.2) is 10.8 Å². The van der Waals surface area contributed by atoms with E-state index in [1.165, 1.54) is 11.3 Å². The molecule has 5 nitrogen and oxygen atoms in total. The monoisotopic (exact) mass is 391 g/mol. The molecule has 2 aromatic rings. The molecule has 1 aliphatic rings. The molecule has 1 saturated carbocycles. The molecule has 0 bridgehead atoms. The summed E-state index contributed by atoms with van der Waals surface area (Å²) in [4.78, 5) is 16.7. The molecule has 0 spiro atoms. The number of aromatic nitrogens is 1. The second-order valence-electron chi connectivity index (χ2n) is 6.18. The molecule has 2 heterocycles. The highest BCUT2D eigenvalue weighted by atomic mass is 35.5. The van der Waals surface area contributed by atoms with Crippen LogP contribution in [0.2, 0.25) is 0 Å². The molecule has 0 aliphatic heterocycles. The van der Waals surface area contributed by atoms with Gasteiger partial charge in [-0.15, -0.1) is 36.2 Å². The van der Waals surface area contributed by atoms with E-state index in [2.05, 4.69) is 10.3 Å². The molecule has 1 fully saturated rings. The van der Waals surface area contributed by atoms with Gasteiger partial charge in [0.2, 0.25) is 5.91 Å². The summed E-state index contributed by atoms with van der Waals surface area (Å²) >= 11 is 1.49. The van der Waals surface area contributed by atoms with Crippen molar-refractivity contribution in [1.82, 2.24) is 10.3 Å². The number of amides is 1. The number of carbonyl (C=O) groups excluding carboxylic acids is 1. The Morgan fingerprint density at radius 1 is 1.46 bits per heavy atom. The van der Waals surface area contributed by atoms with E-state index in [1.54, 1.807) is 0 Å². The standard InChI is InChI=1S/C16H21N3O2S.2ClH/c1-10-3-6-13(21-10)15-18-12(8-22-15)7-14(20)19-16(2,9-17)11-4-5-11;;/h3,6,8,11H,4-5,7,9,17H2,1-2H3,(H,19,20);2*1H. The van der Waals surface area contributed by atoms with Crippen molar-refractivity contribution in [3.8, 4) is 10.8 Å². The lowest BCUT2D eigenvalue weighted by Gasteiger charge is -2.29. The van der Waals surface area contributed by atoms with Gasteiger partial charge in [0.25, 0.3) is 0 Å². The highest BCUT2D eigenvalue weighted by molar-refractivity contribution is 7.13. The largest absolute Gasteiger partial charge is 0.459 e. The first-order valence-corrected chi connectivity index (χ1v) is 8.40. The Morgan fingerprint density at radius 3 is 2.71 bits per heavy atom. The number of hydrogen-bond donors (Lipinski definition) is 2. The summed E-state index contributed by atoms with van der Waals surface area (Å²) in [5, 5.41) is 5.80. The van der Waals surface area contributed by atoms with Crippen LogP contribution in [0, 0.1) is 12.8 Å². The van der Waals surface area contributed by atoms with Crippen LogP contribution in [0.4, 0.5) is 0 Å². The van der Waals surface area contributed by atoms with Crippen LogP contribution in [0.15, 0.2) is 21.9 Å². The SMILES string of the molecule is Cc1ccc(-c2nc(CC(=O)NC(C)(CN)C3CC3)cs2)o1.Cl.Cl. The van der Waals surface area contributed by atoms with Crippen molar-refractivity contribution in [1.29, 1.82) is 0 Å². The van der Waals surface area contributed by atoms with E-state index in [4.69, 9.17) is 10.2 Å². The second kappa shape index (κ2) is 8.34. The Hall–Kier alpha value is -1.08. The van der Waals surface area contributed by atoms with Gasteiger partial charge in [-0.05, 0) is 44.7 Å². The zero-order valence-electron chi connectivity index (χ0n) is 13.7. The zero-order valence-corrected chi connectivity index (χ0v) is 16.2. The summed E-state index contributed by atoms with van der Waals surface area (Å²) in [7, 11) is 0. The minimum absolute atomic E-state index is 0. The predicted molar refractivity (Wildman–Crippen MR) is 101 cm³/mol. The number of aryl methyl sites for hydroxylation is 1. The van der Waals surface area contributed by atoms with Gasteiger partial charge in [0, 0.05) is 11.9 Å². The summed E-state index contributed by atoms with van der Waals surface area (Å²) < 4.78 is 5.56. The highest BCUT2D eigenvalue weighted by Crippen LogP contribution is 2.39. The molecule has 1 amide bonds. The molecule has 8 heteroatoms. The van der Waals surface area contributed by atoms with Crippen molar-refractivity contribution in [3.63, 3.8) is 0 Å². The Morgan fingerprint density at radius 2 is 2.17 bits per heavy atom. The summed E-state index contributed by atoms with van der Waals surface area (Å²) in [6.45, 7) is 4.40. The molecule has 0 aromatic carbocycles. The van der Waals surface area contributed by atoms with Crippen molar-refractivity contribution in [2.75, 3.05) is 6.54 Å². The minimum atomic E-state index is -0.284. The molecule has 1 aliphatic carbocycles. The quantitative estimate of drug-likeness (QED) is 0.790. The van der Waals surface area contributed by atoms with E-state index >= 15 is 0 Å². The summed E-state index contributed by atoms with van der Waals surface area (Å²) in [5.74, 6) is 2.09. The summed E-state index contributed by atoms with van der Waals surface area (Å²) in [6.07, 6.45) is 2.57. The molecule has 1 unspecified atom stereocenters. The number of rotatable bonds is 6. The topological polar surface area (TPSA) is 81.2 Å². The van der Waals surface area contributed by atoms with E-state index in [0.717, 1.165) is 35.1 Å². The Bertz CT molecular complexity index is 684. The van der Waals surface area contributed by atoms with Crippen molar-refractivity contribution in [3.05, 3.63) is 29.0 Å². The molecule has 134 valence electrons. The molecular weight excluding hydrogens is 369 g/mol. The number of carbonyl (C=O) groups is 1. The maximum absolute atomic E-state index is 12.2. The van der Waals surface area contributed by atoms with Crippen LogP contribution in [-0.2, 0) is 11.2 Å². The lowest BCUT2D eigenvalue weighted by atomic mass is 9.95. The van der Waals surface area contributed by atoms with Gasteiger partial charge in [-0.3, -0.25) is 4.79 Å². The van der Waals surface area contributed by atoms with Crippen LogP contribution in [0.25, 0.3) is 10.8 Å². The lowest BCUT2D eigenvalue weighted by Crippen LogP contribution is -2.53. The first kappa shape index (κ1) is 21.0. The fraction of sp³-hybridized carbons (Fsp3) is 0.500. The average molecular weight is 392 g/mol. The third-order valence-electron chi connectivity index (χ3n) is 4.17. The van der Waals surface area contributed by atoms with E-state index < -0.39 is 0 Å². The van der Waals surface area contributed by atoms with Gasteiger partial charge in [0.05, 0.1) is 17.7 Å². The number of nitrogens with zero attached hydrogens (tertiary/aromatic N) is 1. The molecular formula is C16H23Cl2N3O2S. The van der Waals surface area contributed by atoms with E-state index in [-0.39, 0.29) is 42.7 Å². The maximum atomic E-state index is 12.2. The van der Waals surface area contributed by atoms with Gasteiger partial charge < -0.3 is 15.5 Å². The Kier molecular flexibility index (Phi) is 7.28. The lowest BCUT2D eigenvalue weighted by molar-refractivity contribution is -0.122. The van der Waals surface area contributed by atoms with Gasteiger partial charge in [0.1, 0.15) is 5.76 Å². The second-order valence-corrected chi connectivity index (χ2v) is 7.03. The van der Waals surface area contributed by atoms with Crippen molar-refractivity contribution < 1.29 is 9.21 Å². The van der Waals surface area contributed by atoms with E-state index in [0.29, 0.717) is 12.5 Å². The summed E-state index contributed by atoms with van der Waals surface area (Å²) in [6, 6.07) is 3.81. The number of hydrogen-bond acceptors (Lipinski definition) is 5. The Labute approximate surface area is 158 Å². The average Bonchev–Trinajstić information content (AvgIpc) is 3.11. The van der Waals surface area contributed by atoms with Crippen LogP contribution >= 0.6 is 36.2 Å². The van der Waals surface area contributed by atoms with Crippen LogP contribution in [0.3, 0.4) is 0 Å². The normalized spacial score (nSPS) is 15.8. The third kappa shape index (κ3) is 4.72. The number of nitrogens with two attached hydrogens (primary N) is 1. The van der Waals surface area contributed by atoms with Crippen molar-refractivity contribution in [2.45, 2.75) is 38.6 Å². The molecule has 3 N–H and O–H groups in total. The number of furan rings is 1. The van der Waals surface area contributed by atoms with Crippen LogP contribution < -0.4 is 11.1 Å².